The molecule has 0 aliphatic carbocycles. The van der Waals surface area contributed by atoms with Crippen molar-refractivity contribution in [2.75, 3.05) is 5.73 Å². The molecule has 2 aromatic carbocycles. The monoisotopic (exact) mass is 396 g/mol. The maximum atomic E-state index is 6.11. The van der Waals surface area contributed by atoms with Gasteiger partial charge in [-0.15, -0.1) is 16.4 Å². The molecule has 118 valence electrons. The van der Waals surface area contributed by atoms with Gasteiger partial charge < -0.3 is 5.73 Å². The van der Waals surface area contributed by atoms with Crippen LogP contribution in [-0.4, -0.2) is 14.8 Å². The third-order valence-electron chi connectivity index (χ3n) is 3.64. The fourth-order valence-corrected chi connectivity index (χ4v) is 3.53. The van der Waals surface area contributed by atoms with Gasteiger partial charge in [0.15, 0.2) is 5.82 Å². The van der Waals surface area contributed by atoms with Gasteiger partial charge in [-0.1, -0.05) is 46.3 Å². The predicted molar refractivity (Wildman–Crippen MR) is 102 cm³/mol. The molecular formula is C18H13BrN4S. The zero-order valence-corrected chi connectivity index (χ0v) is 15.0. The first-order valence-corrected chi connectivity index (χ1v) is 9.00. The molecule has 0 radical (unpaired) electrons. The van der Waals surface area contributed by atoms with Crippen LogP contribution in [0.15, 0.2) is 70.6 Å². The number of benzene rings is 2. The van der Waals surface area contributed by atoms with Crippen molar-refractivity contribution in [1.29, 1.82) is 0 Å². The van der Waals surface area contributed by atoms with Crippen molar-refractivity contribution in [2.45, 2.75) is 0 Å². The Kier molecular flexibility index (Phi) is 3.92. The molecule has 0 unspecified atom stereocenters. The van der Waals surface area contributed by atoms with Crippen LogP contribution in [0.3, 0.4) is 0 Å². The van der Waals surface area contributed by atoms with E-state index in [2.05, 4.69) is 21.0 Å². The molecular weight excluding hydrogens is 384 g/mol. The Balaban J connectivity index is 1.70. The summed E-state index contributed by atoms with van der Waals surface area (Å²) in [5.74, 6) is 0.482. The Labute approximate surface area is 151 Å². The van der Waals surface area contributed by atoms with E-state index in [0.29, 0.717) is 5.82 Å². The standard InChI is InChI=1S/C18H13BrN4S/c19-13-8-6-12(7-9-13)16-11-24-18(21-16)15-10-23(22-17(15)20)14-4-2-1-3-5-14/h1-11H,(H2,20,22). The minimum Gasteiger partial charge on any atom is -0.382 e. The van der Waals surface area contributed by atoms with Crippen molar-refractivity contribution >= 4 is 33.1 Å². The largest absolute Gasteiger partial charge is 0.382 e. The van der Waals surface area contributed by atoms with Crippen LogP contribution in [0, 0.1) is 0 Å². The summed E-state index contributed by atoms with van der Waals surface area (Å²) in [5.41, 5.74) is 9.95. The Morgan fingerprint density at radius 3 is 2.50 bits per heavy atom. The lowest BCUT2D eigenvalue weighted by Gasteiger charge is -1.98. The van der Waals surface area contributed by atoms with Crippen molar-refractivity contribution < 1.29 is 0 Å². The van der Waals surface area contributed by atoms with Crippen molar-refractivity contribution in [3.63, 3.8) is 0 Å². The van der Waals surface area contributed by atoms with E-state index < -0.39 is 0 Å². The molecule has 0 saturated heterocycles. The Hall–Kier alpha value is -2.44. The van der Waals surface area contributed by atoms with E-state index in [1.165, 1.54) is 0 Å². The van der Waals surface area contributed by atoms with Crippen LogP contribution in [0.2, 0.25) is 0 Å². The number of aromatic nitrogens is 3. The lowest BCUT2D eigenvalue weighted by Crippen LogP contribution is -1.95. The Morgan fingerprint density at radius 1 is 1.00 bits per heavy atom. The average molecular weight is 397 g/mol. The number of para-hydroxylation sites is 1. The molecule has 4 nitrogen and oxygen atoms in total. The van der Waals surface area contributed by atoms with Gasteiger partial charge in [0.05, 0.1) is 16.9 Å². The molecule has 0 bridgehead atoms. The van der Waals surface area contributed by atoms with Crippen molar-refractivity contribution in [3.8, 4) is 27.5 Å². The first kappa shape index (κ1) is 15.1. The number of nitrogens with zero attached hydrogens (tertiary/aromatic N) is 3. The van der Waals surface area contributed by atoms with Crippen LogP contribution in [0.4, 0.5) is 5.82 Å². The lowest BCUT2D eigenvalue weighted by atomic mass is 10.2. The molecule has 2 aromatic heterocycles. The Morgan fingerprint density at radius 2 is 1.75 bits per heavy atom. The second-order valence-corrected chi connectivity index (χ2v) is 7.03. The highest BCUT2D eigenvalue weighted by molar-refractivity contribution is 9.10. The molecule has 2 heterocycles. The van der Waals surface area contributed by atoms with Gasteiger partial charge in [0.25, 0.3) is 0 Å². The van der Waals surface area contributed by atoms with Crippen molar-refractivity contribution in [2.24, 2.45) is 0 Å². The number of halogens is 1. The number of nitrogen functional groups attached to an aromatic ring is 1. The van der Waals surface area contributed by atoms with Gasteiger partial charge in [0, 0.05) is 21.6 Å². The molecule has 0 saturated carbocycles. The number of hydrogen-bond acceptors (Lipinski definition) is 4. The minimum atomic E-state index is 0.482. The van der Waals surface area contributed by atoms with E-state index >= 15 is 0 Å². The van der Waals surface area contributed by atoms with E-state index in [1.54, 1.807) is 16.0 Å². The number of nitrogens with two attached hydrogens (primary N) is 1. The van der Waals surface area contributed by atoms with Crippen LogP contribution in [-0.2, 0) is 0 Å². The van der Waals surface area contributed by atoms with E-state index in [9.17, 15) is 0 Å². The van der Waals surface area contributed by atoms with E-state index in [4.69, 9.17) is 10.7 Å². The van der Waals surface area contributed by atoms with E-state index in [-0.39, 0.29) is 0 Å². The lowest BCUT2D eigenvalue weighted by molar-refractivity contribution is 0.886. The number of rotatable bonds is 3. The average Bonchev–Trinajstić information content (AvgIpc) is 3.23. The van der Waals surface area contributed by atoms with Crippen LogP contribution in [0.5, 0.6) is 0 Å². The Bertz CT molecular complexity index is 974. The summed E-state index contributed by atoms with van der Waals surface area (Å²) in [6.45, 7) is 0. The summed E-state index contributed by atoms with van der Waals surface area (Å²) in [5, 5.41) is 7.31. The quantitative estimate of drug-likeness (QED) is 0.529. The molecule has 4 aromatic rings. The maximum Gasteiger partial charge on any atom is 0.156 e. The van der Waals surface area contributed by atoms with Crippen LogP contribution < -0.4 is 5.73 Å². The fraction of sp³-hybridized carbons (Fsp3) is 0. The molecule has 6 heteroatoms. The summed E-state index contributed by atoms with van der Waals surface area (Å²) in [7, 11) is 0. The maximum absolute atomic E-state index is 6.11. The smallest absolute Gasteiger partial charge is 0.156 e. The van der Waals surface area contributed by atoms with Gasteiger partial charge >= 0.3 is 0 Å². The third kappa shape index (κ3) is 2.86. The third-order valence-corrected chi connectivity index (χ3v) is 5.04. The highest BCUT2D eigenvalue weighted by Gasteiger charge is 2.13. The summed E-state index contributed by atoms with van der Waals surface area (Å²) in [4.78, 5) is 4.72. The second kappa shape index (κ2) is 6.22. The molecule has 0 amide bonds. The van der Waals surface area contributed by atoms with E-state index in [1.807, 2.05) is 66.2 Å². The normalized spacial score (nSPS) is 10.9. The molecule has 0 spiro atoms. The van der Waals surface area contributed by atoms with Crippen molar-refractivity contribution in [1.82, 2.24) is 14.8 Å². The molecule has 4 rings (SSSR count). The SMILES string of the molecule is Nc1nn(-c2ccccc2)cc1-c1nc(-c2ccc(Br)cc2)cs1. The molecule has 0 atom stereocenters. The molecule has 0 fully saturated rings. The van der Waals surface area contributed by atoms with Gasteiger partial charge in [-0.2, -0.15) is 0 Å². The number of hydrogen-bond donors (Lipinski definition) is 1. The van der Waals surface area contributed by atoms with Gasteiger partial charge in [-0.05, 0) is 24.3 Å². The zero-order valence-electron chi connectivity index (χ0n) is 12.6. The highest BCUT2D eigenvalue weighted by Crippen LogP contribution is 2.32. The minimum absolute atomic E-state index is 0.482. The van der Waals surface area contributed by atoms with E-state index in [0.717, 1.165) is 32.0 Å². The number of anilines is 1. The summed E-state index contributed by atoms with van der Waals surface area (Å²) in [6, 6.07) is 18.0. The zero-order chi connectivity index (χ0) is 16.5. The predicted octanol–water partition coefficient (Wildman–Crippen LogP) is 5.01. The summed E-state index contributed by atoms with van der Waals surface area (Å²) >= 11 is 5.02. The molecule has 0 aliphatic heterocycles. The van der Waals surface area contributed by atoms with Crippen LogP contribution in [0.25, 0.3) is 27.5 Å². The fourth-order valence-electron chi connectivity index (χ4n) is 2.42. The first-order valence-electron chi connectivity index (χ1n) is 7.33. The highest BCUT2D eigenvalue weighted by atomic mass is 79.9. The van der Waals surface area contributed by atoms with Crippen molar-refractivity contribution in [3.05, 3.63) is 70.6 Å². The van der Waals surface area contributed by atoms with Gasteiger partial charge in [0.1, 0.15) is 5.01 Å². The molecule has 2 N–H and O–H groups in total. The topological polar surface area (TPSA) is 56.7 Å². The second-order valence-electron chi connectivity index (χ2n) is 5.25. The molecule has 0 aliphatic rings. The van der Waals surface area contributed by atoms with Gasteiger partial charge in [-0.3, -0.25) is 0 Å². The molecule has 24 heavy (non-hydrogen) atoms. The number of thiazole rings is 1. The van der Waals surface area contributed by atoms with Gasteiger partial charge in [-0.25, -0.2) is 9.67 Å². The first-order chi connectivity index (χ1) is 11.7. The van der Waals surface area contributed by atoms with Crippen LogP contribution >= 0.6 is 27.3 Å². The summed E-state index contributed by atoms with van der Waals surface area (Å²) in [6.07, 6.45) is 1.93. The van der Waals surface area contributed by atoms with Gasteiger partial charge in [0.2, 0.25) is 0 Å². The summed E-state index contributed by atoms with van der Waals surface area (Å²) < 4.78 is 2.83. The van der Waals surface area contributed by atoms with Crippen LogP contribution in [0.1, 0.15) is 0 Å².